The van der Waals surface area contributed by atoms with Crippen LogP contribution in [0.4, 0.5) is 5.13 Å². The Balaban J connectivity index is 1.58. The number of para-hydroxylation sites is 1. The predicted octanol–water partition coefficient (Wildman–Crippen LogP) is 2.04. The summed E-state index contributed by atoms with van der Waals surface area (Å²) in [7, 11) is 0. The number of benzene rings is 1. The number of hydrogen-bond donors (Lipinski definition) is 2. The highest BCUT2D eigenvalue weighted by Crippen LogP contribution is 2.14. The highest BCUT2D eigenvalue weighted by atomic mass is 32.1. The Morgan fingerprint density at radius 1 is 1.30 bits per heavy atom. The van der Waals surface area contributed by atoms with Crippen molar-refractivity contribution in [2.24, 2.45) is 0 Å². The van der Waals surface area contributed by atoms with E-state index in [-0.39, 0.29) is 11.5 Å². The van der Waals surface area contributed by atoms with E-state index in [1.54, 1.807) is 18.2 Å². The minimum atomic E-state index is -0.153. The number of H-pyrrole nitrogens is 1. The Kier molecular flexibility index (Phi) is 4.42. The van der Waals surface area contributed by atoms with Crippen LogP contribution in [0.1, 0.15) is 23.7 Å². The van der Waals surface area contributed by atoms with Crippen molar-refractivity contribution in [1.29, 1.82) is 0 Å². The van der Waals surface area contributed by atoms with Gasteiger partial charge >= 0.3 is 0 Å². The summed E-state index contributed by atoms with van der Waals surface area (Å²) >= 11 is 1.34. The molecule has 2 aromatic heterocycles. The van der Waals surface area contributed by atoms with E-state index in [1.165, 1.54) is 11.3 Å². The number of hydrogen-bond acceptors (Lipinski definition) is 6. The standard InChI is InChI=1S/C15H15N5O2S/c1-9-19-20-15(23-9)18-13(21)8-4-7-12-16-11-6-3-2-5-10(11)14(22)17-12/h2-3,5-6H,4,7-8H2,1H3,(H,16,17,22)(H,18,20,21). The van der Waals surface area contributed by atoms with Crippen LogP contribution in [0.15, 0.2) is 29.1 Å². The number of rotatable bonds is 5. The van der Waals surface area contributed by atoms with Crippen LogP contribution in [0, 0.1) is 6.92 Å². The van der Waals surface area contributed by atoms with Gasteiger partial charge in [0.2, 0.25) is 11.0 Å². The van der Waals surface area contributed by atoms with Crippen molar-refractivity contribution in [1.82, 2.24) is 20.2 Å². The Morgan fingerprint density at radius 2 is 2.13 bits per heavy atom. The number of anilines is 1. The highest BCUT2D eigenvalue weighted by molar-refractivity contribution is 7.15. The number of nitrogens with one attached hydrogen (secondary N) is 2. The molecule has 0 radical (unpaired) electrons. The zero-order valence-corrected chi connectivity index (χ0v) is 13.3. The Hall–Kier alpha value is -2.61. The molecule has 23 heavy (non-hydrogen) atoms. The van der Waals surface area contributed by atoms with E-state index >= 15 is 0 Å². The SMILES string of the molecule is Cc1nnc(NC(=O)CCCc2nc3ccccc3c(=O)[nH]2)s1. The largest absolute Gasteiger partial charge is 0.310 e. The molecule has 0 unspecified atom stereocenters. The quantitative estimate of drug-likeness (QED) is 0.746. The van der Waals surface area contributed by atoms with E-state index in [4.69, 9.17) is 0 Å². The number of nitrogens with zero attached hydrogens (tertiary/aromatic N) is 3. The van der Waals surface area contributed by atoms with Crippen molar-refractivity contribution < 1.29 is 4.79 Å². The van der Waals surface area contributed by atoms with E-state index in [0.29, 0.717) is 41.1 Å². The molecule has 0 aliphatic carbocycles. The van der Waals surface area contributed by atoms with Gasteiger partial charge in [-0.25, -0.2) is 4.98 Å². The fraction of sp³-hybridized carbons (Fsp3) is 0.267. The number of carbonyl (C=O) groups is 1. The predicted molar refractivity (Wildman–Crippen MR) is 88.6 cm³/mol. The smallest absolute Gasteiger partial charge is 0.258 e. The monoisotopic (exact) mass is 329 g/mol. The topological polar surface area (TPSA) is 101 Å². The summed E-state index contributed by atoms with van der Waals surface area (Å²) in [5.41, 5.74) is 0.513. The number of aromatic nitrogens is 4. The average Bonchev–Trinajstić information content (AvgIpc) is 2.92. The van der Waals surface area contributed by atoms with Crippen LogP contribution < -0.4 is 10.9 Å². The van der Waals surface area contributed by atoms with Crippen LogP contribution in [0.25, 0.3) is 10.9 Å². The normalized spacial score (nSPS) is 10.8. The Bertz CT molecular complexity index is 902. The van der Waals surface area contributed by atoms with E-state index in [1.807, 2.05) is 13.0 Å². The van der Waals surface area contributed by atoms with Crippen LogP contribution in [0.5, 0.6) is 0 Å². The van der Waals surface area contributed by atoms with Gasteiger partial charge < -0.3 is 10.3 Å². The molecule has 3 rings (SSSR count). The zero-order chi connectivity index (χ0) is 16.2. The van der Waals surface area contributed by atoms with Gasteiger partial charge in [0.25, 0.3) is 5.56 Å². The summed E-state index contributed by atoms with van der Waals surface area (Å²) in [6, 6.07) is 7.19. The number of fused-ring (bicyclic) bond motifs is 1. The molecule has 0 saturated heterocycles. The van der Waals surface area contributed by atoms with E-state index in [2.05, 4.69) is 25.5 Å². The van der Waals surface area contributed by atoms with Gasteiger partial charge in [-0.15, -0.1) is 10.2 Å². The molecule has 7 nitrogen and oxygen atoms in total. The van der Waals surface area contributed by atoms with Crippen LogP contribution in [-0.2, 0) is 11.2 Å². The van der Waals surface area contributed by atoms with Crippen LogP contribution in [-0.4, -0.2) is 26.1 Å². The molecular weight excluding hydrogens is 314 g/mol. The maximum atomic E-state index is 12.0. The van der Waals surface area contributed by atoms with Gasteiger partial charge in [-0.05, 0) is 25.5 Å². The summed E-state index contributed by atoms with van der Waals surface area (Å²) < 4.78 is 0. The molecule has 118 valence electrons. The van der Waals surface area contributed by atoms with Crippen LogP contribution in [0.3, 0.4) is 0 Å². The lowest BCUT2D eigenvalue weighted by molar-refractivity contribution is -0.116. The van der Waals surface area contributed by atoms with Gasteiger partial charge in [-0.1, -0.05) is 23.5 Å². The summed E-state index contributed by atoms with van der Waals surface area (Å²) in [6.07, 6.45) is 1.45. The van der Waals surface area contributed by atoms with E-state index < -0.39 is 0 Å². The van der Waals surface area contributed by atoms with Crippen molar-refractivity contribution in [3.8, 4) is 0 Å². The molecular formula is C15H15N5O2S. The van der Waals surface area contributed by atoms with E-state index in [9.17, 15) is 9.59 Å². The molecule has 0 saturated carbocycles. The number of carbonyl (C=O) groups excluding carboxylic acids is 1. The lowest BCUT2D eigenvalue weighted by atomic mass is 10.2. The fourth-order valence-corrected chi connectivity index (χ4v) is 2.81. The molecule has 0 fully saturated rings. The third-order valence-corrected chi connectivity index (χ3v) is 4.01. The van der Waals surface area contributed by atoms with Crippen molar-refractivity contribution in [3.05, 3.63) is 45.5 Å². The van der Waals surface area contributed by atoms with Gasteiger partial charge in [0.15, 0.2) is 0 Å². The zero-order valence-electron chi connectivity index (χ0n) is 12.5. The van der Waals surface area contributed by atoms with Crippen LogP contribution in [0.2, 0.25) is 0 Å². The van der Waals surface area contributed by atoms with E-state index in [0.717, 1.165) is 5.01 Å². The van der Waals surface area contributed by atoms with Gasteiger partial charge in [0.05, 0.1) is 10.9 Å². The molecule has 3 aromatic rings. The first-order chi connectivity index (χ1) is 11.1. The second kappa shape index (κ2) is 6.66. The molecule has 2 N–H and O–H groups in total. The molecule has 1 amide bonds. The number of amides is 1. The Morgan fingerprint density at radius 3 is 2.91 bits per heavy atom. The van der Waals surface area contributed by atoms with Gasteiger partial charge in [0.1, 0.15) is 10.8 Å². The number of aryl methyl sites for hydroxylation is 2. The molecule has 2 heterocycles. The van der Waals surface area contributed by atoms with Gasteiger partial charge in [0, 0.05) is 12.8 Å². The second-order valence-electron chi connectivity index (χ2n) is 5.06. The molecule has 0 aliphatic heterocycles. The molecule has 8 heteroatoms. The van der Waals surface area contributed by atoms with Gasteiger partial charge in [-0.3, -0.25) is 9.59 Å². The van der Waals surface area contributed by atoms with Crippen molar-refractivity contribution in [2.75, 3.05) is 5.32 Å². The second-order valence-corrected chi connectivity index (χ2v) is 6.24. The minimum absolute atomic E-state index is 0.121. The lowest BCUT2D eigenvalue weighted by Gasteiger charge is -2.03. The first-order valence-electron chi connectivity index (χ1n) is 7.20. The summed E-state index contributed by atoms with van der Waals surface area (Å²) in [6.45, 7) is 1.83. The third kappa shape index (κ3) is 3.78. The highest BCUT2D eigenvalue weighted by Gasteiger charge is 2.08. The summed E-state index contributed by atoms with van der Waals surface area (Å²) in [4.78, 5) is 30.9. The van der Waals surface area contributed by atoms with Crippen LogP contribution >= 0.6 is 11.3 Å². The average molecular weight is 329 g/mol. The number of aromatic amines is 1. The maximum Gasteiger partial charge on any atom is 0.258 e. The lowest BCUT2D eigenvalue weighted by Crippen LogP contribution is -2.14. The van der Waals surface area contributed by atoms with Crippen molar-refractivity contribution in [3.63, 3.8) is 0 Å². The molecule has 0 atom stereocenters. The third-order valence-electron chi connectivity index (χ3n) is 3.25. The first-order valence-corrected chi connectivity index (χ1v) is 8.01. The molecule has 1 aromatic carbocycles. The summed E-state index contributed by atoms with van der Waals surface area (Å²) in [5, 5.41) is 12.3. The van der Waals surface area contributed by atoms with Gasteiger partial charge in [-0.2, -0.15) is 0 Å². The Labute approximate surface area is 135 Å². The summed E-state index contributed by atoms with van der Waals surface area (Å²) in [5.74, 6) is 0.470. The van der Waals surface area contributed by atoms with Crippen molar-refractivity contribution >= 4 is 33.3 Å². The molecule has 0 aliphatic rings. The molecule has 0 spiro atoms. The minimum Gasteiger partial charge on any atom is -0.310 e. The fourth-order valence-electron chi connectivity index (χ4n) is 2.20. The molecule has 0 bridgehead atoms. The van der Waals surface area contributed by atoms with Crippen molar-refractivity contribution in [2.45, 2.75) is 26.2 Å². The maximum absolute atomic E-state index is 12.0. The first kappa shape index (κ1) is 15.3.